The van der Waals surface area contributed by atoms with Crippen LogP contribution in [-0.4, -0.2) is 40.1 Å². The molecule has 0 saturated heterocycles. The van der Waals surface area contributed by atoms with Crippen LogP contribution in [0.2, 0.25) is 0 Å². The van der Waals surface area contributed by atoms with Crippen molar-refractivity contribution in [2.24, 2.45) is 16.6 Å². The molecule has 3 N–H and O–H groups in total. The number of nitrogens with zero attached hydrogens (tertiary/aromatic N) is 3. The van der Waals surface area contributed by atoms with Gasteiger partial charge in [0, 0.05) is 24.2 Å². The van der Waals surface area contributed by atoms with Crippen LogP contribution in [0.25, 0.3) is 11.9 Å². The molecule has 2 fully saturated rings. The zero-order valence-corrected chi connectivity index (χ0v) is 20.4. The summed E-state index contributed by atoms with van der Waals surface area (Å²) < 4.78 is 34.8. The molecule has 3 aliphatic rings. The fourth-order valence-electron chi connectivity index (χ4n) is 4.69. The standard InChI is InChI=1S/C26H25F2N5O2S/c1-25(22-12-26(22,36-24(30)33-25)23(34)31-8-9-35-17-4-5-17)18-10-15(2-6-19(18)27)11-20(28)21-7-3-16(13-29)14-32-21/h2-3,6-7,10-11,14,17,22H,4-5,8-9,12H2,1H3,(H2,30,33)(H,31,34)/b20-11-/t22-,25+,26-/m0/s1. The van der Waals surface area contributed by atoms with Crippen molar-refractivity contribution in [2.75, 3.05) is 13.2 Å². The molecule has 186 valence electrons. The molecule has 2 aromatic rings. The number of hydrogen-bond donors (Lipinski definition) is 2. The van der Waals surface area contributed by atoms with Crippen LogP contribution in [0.1, 0.15) is 48.6 Å². The van der Waals surface area contributed by atoms with Gasteiger partial charge in [0.25, 0.3) is 0 Å². The number of amides is 1. The van der Waals surface area contributed by atoms with Gasteiger partial charge < -0.3 is 15.8 Å². The lowest BCUT2D eigenvalue weighted by molar-refractivity contribution is -0.122. The maximum absolute atomic E-state index is 15.1. The van der Waals surface area contributed by atoms with E-state index in [1.807, 2.05) is 6.07 Å². The average molecular weight is 510 g/mol. The first-order chi connectivity index (χ1) is 17.2. The number of ether oxygens (including phenoxy) is 1. The molecule has 0 radical (unpaired) electrons. The van der Waals surface area contributed by atoms with Gasteiger partial charge in [0.1, 0.15) is 22.5 Å². The Morgan fingerprint density at radius 3 is 2.89 bits per heavy atom. The van der Waals surface area contributed by atoms with E-state index < -0.39 is 21.9 Å². The van der Waals surface area contributed by atoms with Crippen LogP contribution in [0, 0.1) is 23.1 Å². The van der Waals surface area contributed by atoms with Crippen molar-refractivity contribution >= 4 is 34.7 Å². The number of nitrogens with one attached hydrogen (secondary N) is 1. The summed E-state index contributed by atoms with van der Waals surface area (Å²) in [5.41, 5.74) is 6.09. The lowest BCUT2D eigenvalue weighted by Gasteiger charge is -2.34. The third-order valence-electron chi connectivity index (χ3n) is 6.83. The van der Waals surface area contributed by atoms with Gasteiger partial charge >= 0.3 is 0 Å². The number of amidine groups is 1. The molecule has 1 aliphatic heterocycles. The molecule has 2 saturated carbocycles. The van der Waals surface area contributed by atoms with E-state index in [-0.39, 0.29) is 28.3 Å². The zero-order valence-electron chi connectivity index (χ0n) is 19.6. The fraction of sp³-hybridized carbons (Fsp3) is 0.385. The van der Waals surface area contributed by atoms with Crippen LogP contribution >= 0.6 is 11.8 Å². The lowest BCUT2D eigenvalue weighted by Crippen LogP contribution is -2.45. The second-order valence-corrected chi connectivity index (χ2v) is 10.8. The molecule has 0 spiro atoms. The van der Waals surface area contributed by atoms with Crippen LogP contribution < -0.4 is 11.1 Å². The van der Waals surface area contributed by atoms with Gasteiger partial charge in [-0.05, 0) is 62.1 Å². The Morgan fingerprint density at radius 2 is 2.19 bits per heavy atom. The van der Waals surface area contributed by atoms with Gasteiger partial charge in [-0.25, -0.2) is 8.78 Å². The maximum Gasteiger partial charge on any atom is 0.237 e. The van der Waals surface area contributed by atoms with Gasteiger partial charge in [0.05, 0.1) is 29.5 Å². The van der Waals surface area contributed by atoms with E-state index in [9.17, 15) is 9.18 Å². The summed E-state index contributed by atoms with van der Waals surface area (Å²) in [6.07, 6.45) is 5.47. The number of hydrogen-bond acceptors (Lipinski definition) is 7. The molecule has 3 atom stereocenters. The largest absolute Gasteiger partial charge is 0.378 e. The van der Waals surface area contributed by atoms with Gasteiger partial charge in [-0.3, -0.25) is 14.8 Å². The highest BCUT2D eigenvalue weighted by molar-refractivity contribution is 8.15. The summed E-state index contributed by atoms with van der Waals surface area (Å²) in [6, 6.07) is 9.08. The van der Waals surface area contributed by atoms with Crippen LogP contribution in [-0.2, 0) is 15.1 Å². The molecule has 0 unspecified atom stereocenters. The summed E-state index contributed by atoms with van der Waals surface area (Å²) in [7, 11) is 0. The Kier molecular flexibility index (Phi) is 6.30. The zero-order chi connectivity index (χ0) is 25.5. The summed E-state index contributed by atoms with van der Waals surface area (Å²) in [6.45, 7) is 2.61. The van der Waals surface area contributed by atoms with Crippen molar-refractivity contribution in [3.63, 3.8) is 0 Å². The van der Waals surface area contributed by atoms with Crippen molar-refractivity contribution in [2.45, 2.75) is 42.6 Å². The van der Waals surface area contributed by atoms with E-state index in [0.29, 0.717) is 36.8 Å². The van der Waals surface area contributed by atoms with Crippen molar-refractivity contribution in [3.8, 4) is 6.07 Å². The van der Waals surface area contributed by atoms with Gasteiger partial charge in [-0.2, -0.15) is 5.26 Å². The van der Waals surface area contributed by atoms with Crippen molar-refractivity contribution in [1.82, 2.24) is 10.3 Å². The third-order valence-corrected chi connectivity index (χ3v) is 8.14. The van der Waals surface area contributed by atoms with Crippen LogP contribution in [0.5, 0.6) is 0 Å². The monoisotopic (exact) mass is 509 g/mol. The Labute approximate surface area is 211 Å². The summed E-state index contributed by atoms with van der Waals surface area (Å²) in [4.78, 5) is 21.6. The van der Waals surface area contributed by atoms with Crippen LogP contribution in [0.4, 0.5) is 8.78 Å². The molecule has 1 aromatic heterocycles. The van der Waals surface area contributed by atoms with Gasteiger partial charge in [-0.15, -0.1) is 0 Å². The quantitative estimate of drug-likeness (QED) is 0.522. The number of halogens is 2. The minimum atomic E-state index is -1.09. The number of nitrogens with two attached hydrogens (primary N) is 1. The SMILES string of the molecule is C[C@]1(c2cc(/C=C(\F)c3ccc(C#N)cn3)ccc2F)N=C(N)S[C@@]2(C(=O)NCCOC3CC3)C[C@H]21. The number of rotatable bonds is 8. The molecule has 1 aromatic carbocycles. The second-order valence-electron chi connectivity index (χ2n) is 9.45. The lowest BCUT2D eigenvalue weighted by atomic mass is 9.84. The molecule has 1 amide bonds. The minimum absolute atomic E-state index is 0.0611. The number of thioether (sulfide) groups is 1. The fourth-order valence-corrected chi connectivity index (χ4v) is 6.08. The molecular formula is C26H25F2N5O2S. The molecule has 7 nitrogen and oxygen atoms in total. The van der Waals surface area contributed by atoms with E-state index in [4.69, 9.17) is 15.7 Å². The predicted molar refractivity (Wildman–Crippen MR) is 134 cm³/mol. The Balaban J connectivity index is 1.38. The highest BCUT2D eigenvalue weighted by Gasteiger charge is 2.70. The molecule has 2 heterocycles. The Morgan fingerprint density at radius 1 is 1.39 bits per heavy atom. The molecule has 2 aliphatic carbocycles. The maximum atomic E-state index is 15.1. The van der Waals surface area contributed by atoms with E-state index in [1.165, 1.54) is 54.4 Å². The first-order valence-corrected chi connectivity index (χ1v) is 12.5. The van der Waals surface area contributed by atoms with Crippen molar-refractivity contribution in [1.29, 1.82) is 5.26 Å². The van der Waals surface area contributed by atoms with Gasteiger partial charge in [-0.1, -0.05) is 17.8 Å². The predicted octanol–water partition coefficient (Wildman–Crippen LogP) is 3.89. The number of aliphatic imine (C=N–C) groups is 1. The average Bonchev–Trinajstić information content (AvgIpc) is 3.78. The summed E-state index contributed by atoms with van der Waals surface area (Å²) in [5.74, 6) is -1.56. The number of pyridine rings is 1. The molecule has 36 heavy (non-hydrogen) atoms. The molecular weight excluding hydrogens is 484 g/mol. The molecule has 0 bridgehead atoms. The van der Waals surface area contributed by atoms with Crippen LogP contribution in [0.15, 0.2) is 41.5 Å². The van der Waals surface area contributed by atoms with Crippen LogP contribution in [0.3, 0.4) is 0 Å². The molecule has 10 heteroatoms. The van der Waals surface area contributed by atoms with Gasteiger partial charge in [0.2, 0.25) is 5.91 Å². The Hall–Kier alpha value is -3.29. The normalized spacial score (nSPS) is 27.0. The van der Waals surface area contributed by atoms with Gasteiger partial charge in [0.15, 0.2) is 5.17 Å². The van der Waals surface area contributed by atoms with E-state index in [1.54, 1.807) is 6.92 Å². The number of fused-ring (bicyclic) bond motifs is 1. The highest BCUT2D eigenvalue weighted by atomic mass is 32.2. The third kappa shape index (κ3) is 4.61. The number of carbonyl (C=O) groups is 1. The summed E-state index contributed by atoms with van der Waals surface area (Å²) >= 11 is 1.21. The van der Waals surface area contributed by atoms with E-state index >= 15 is 4.39 Å². The number of nitriles is 1. The number of aromatic nitrogens is 1. The minimum Gasteiger partial charge on any atom is -0.378 e. The number of carbonyl (C=O) groups excluding carboxylic acids is 1. The van der Waals surface area contributed by atoms with E-state index in [0.717, 1.165) is 12.8 Å². The first-order valence-electron chi connectivity index (χ1n) is 11.7. The highest BCUT2D eigenvalue weighted by Crippen LogP contribution is 2.66. The number of benzene rings is 1. The first kappa shape index (κ1) is 24.4. The molecule has 5 rings (SSSR count). The van der Waals surface area contributed by atoms with Crippen molar-refractivity contribution in [3.05, 3.63) is 64.7 Å². The second kappa shape index (κ2) is 9.30. The smallest absolute Gasteiger partial charge is 0.237 e. The van der Waals surface area contributed by atoms with Crippen molar-refractivity contribution < 1.29 is 18.3 Å². The van der Waals surface area contributed by atoms with E-state index in [2.05, 4.69) is 15.3 Å². The Bertz CT molecular complexity index is 1300. The topological polar surface area (TPSA) is 113 Å². The summed E-state index contributed by atoms with van der Waals surface area (Å²) in [5, 5.41) is 12.0.